The van der Waals surface area contributed by atoms with Crippen LogP contribution in [0.1, 0.15) is 0 Å². The summed E-state index contributed by atoms with van der Waals surface area (Å²) in [6, 6.07) is 12.7. The van der Waals surface area contributed by atoms with Gasteiger partial charge in [0.05, 0.1) is 5.75 Å². The molecule has 0 fully saturated rings. The van der Waals surface area contributed by atoms with Crippen molar-refractivity contribution in [3.8, 4) is 0 Å². The fraction of sp³-hybridized carbons (Fsp3) is 0.125. The molecule has 0 heterocycles. The molecule has 0 radical (unpaired) electrons. The Bertz CT molecular complexity index is 692. The second-order valence-corrected chi connectivity index (χ2v) is 5.57. The summed E-state index contributed by atoms with van der Waals surface area (Å²) in [5.41, 5.74) is 1.22. The molecule has 5 nitrogen and oxygen atoms in total. The molecular weight excluding hydrogens is 317 g/mol. The molecule has 23 heavy (non-hydrogen) atoms. The standard InChI is InChI=1S/C16H16FN3O2S/c1-18-16(22)20-12-8-6-11(7-9-12)19-15(21)10-23-14-5-3-2-4-13(14)17/h2-9H,10H2,1H3,(H,19,21)(H2,18,20,22). The maximum absolute atomic E-state index is 13.5. The zero-order valence-corrected chi connectivity index (χ0v) is 13.2. The zero-order chi connectivity index (χ0) is 16.7. The Morgan fingerprint density at radius 2 is 1.61 bits per heavy atom. The van der Waals surface area contributed by atoms with Crippen molar-refractivity contribution in [1.82, 2.24) is 5.32 Å². The first-order valence-electron chi connectivity index (χ1n) is 6.84. The van der Waals surface area contributed by atoms with Crippen LogP contribution < -0.4 is 16.0 Å². The molecule has 0 aliphatic carbocycles. The SMILES string of the molecule is CNC(=O)Nc1ccc(NC(=O)CSc2ccccc2F)cc1. The van der Waals surface area contributed by atoms with Gasteiger partial charge in [0.25, 0.3) is 0 Å². The van der Waals surface area contributed by atoms with E-state index in [-0.39, 0.29) is 23.5 Å². The number of urea groups is 1. The van der Waals surface area contributed by atoms with Crippen molar-refractivity contribution in [2.45, 2.75) is 4.90 Å². The van der Waals surface area contributed by atoms with Gasteiger partial charge in [-0.1, -0.05) is 12.1 Å². The summed E-state index contributed by atoms with van der Waals surface area (Å²) in [5, 5.41) is 7.78. The molecule has 0 unspecified atom stereocenters. The number of rotatable bonds is 5. The van der Waals surface area contributed by atoms with Gasteiger partial charge >= 0.3 is 6.03 Å². The molecule has 3 amide bonds. The quantitative estimate of drug-likeness (QED) is 0.735. The summed E-state index contributed by atoms with van der Waals surface area (Å²) in [7, 11) is 1.52. The van der Waals surface area contributed by atoms with E-state index in [1.165, 1.54) is 13.1 Å². The van der Waals surface area contributed by atoms with Gasteiger partial charge in [0.15, 0.2) is 0 Å². The van der Waals surface area contributed by atoms with Crippen molar-refractivity contribution in [2.75, 3.05) is 23.4 Å². The lowest BCUT2D eigenvalue weighted by molar-refractivity contribution is -0.113. The molecule has 120 valence electrons. The number of halogens is 1. The minimum absolute atomic E-state index is 0.110. The highest BCUT2D eigenvalue weighted by Gasteiger charge is 2.07. The first-order chi connectivity index (χ1) is 11.1. The van der Waals surface area contributed by atoms with E-state index in [9.17, 15) is 14.0 Å². The van der Waals surface area contributed by atoms with Crippen LogP contribution in [0.2, 0.25) is 0 Å². The Kier molecular flexibility index (Phi) is 5.99. The lowest BCUT2D eigenvalue weighted by atomic mass is 10.3. The van der Waals surface area contributed by atoms with Crippen LogP contribution in [0.5, 0.6) is 0 Å². The molecule has 0 spiro atoms. The van der Waals surface area contributed by atoms with Crippen LogP contribution in [0.25, 0.3) is 0 Å². The summed E-state index contributed by atoms with van der Waals surface area (Å²) < 4.78 is 13.5. The van der Waals surface area contributed by atoms with Crippen LogP contribution >= 0.6 is 11.8 Å². The van der Waals surface area contributed by atoms with Crippen LogP contribution in [0.4, 0.5) is 20.6 Å². The molecule has 0 saturated heterocycles. The average Bonchev–Trinajstić information content (AvgIpc) is 2.56. The molecule has 0 aliphatic rings. The Morgan fingerprint density at radius 1 is 1.00 bits per heavy atom. The van der Waals surface area contributed by atoms with E-state index in [4.69, 9.17) is 0 Å². The van der Waals surface area contributed by atoms with E-state index in [1.807, 2.05) is 0 Å². The van der Waals surface area contributed by atoms with Crippen LogP contribution in [-0.4, -0.2) is 24.7 Å². The largest absolute Gasteiger partial charge is 0.341 e. The second-order valence-electron chi connectivity index (χ2n) is 4.55. The first-order valence-corrected chi connectivity index (χ1v) is 7.83. The predicted molar refractivity (Wildman–Crippen MR) is 90.3 cm³/mol. The summed E-state index contributed by atoms with van der Waals surface area (Å²) >= 11 is 1.14. The summed E-state index contributed by atoms with van der Waals surface area (Å²) in [6.07, 6.45) is 0. The van der Waals surface area contributed by atoms with Crippen molar-refractivity contribution in [1.29, 1.82) is 0 Å². The number of anilines is 2. The van der Waals surface area contributed by atoms with Crippen LogP contribution in [0.15, 0.2) is 53.4 Å². The third kappa shape index (κ3) is 5.30. The van der Waals surface area contributed by atoms with Gasteiger partial charge in [-0.2, -0.15) is 0 Å². The number of carbonyl (C=O) groups excluding carboxylic acids is 2. The maximum Gasteiger partial charge on any atom is 0.318 e. The van der Waals surface area contributed by atoms with Crippen molar-refractivity contribution in [2.24, 2.45) is 0 Å². The minimum Gasteiger partial charge on any atom is -0.341 e. The number of hydrogen-bond donors (Lipinski definition) is 3. The van der Waals surface area contributed by atoms with Crippen LogP contribution in [0.3, 0.4) is 0 Å². The Morgan fingerprint density at radius 3 is 2.22 bits per heavy atom. The van der Waals surface area contributed by atoms with Gasteiger partial charge in [0.2, 0.25) is 5.91 Å². The molecule has 0 aromatic heterocycles. The monoisotopic (exact) mass is 333 g/mol. The number of hydrogen-bond acceptors (Lipinski definition) is 3. The van der Waals surface area contributed by atoms with Crippen molar-refractivity contribution in [3.63, 3.8) is 0 Å². The van der Waals surface area contributed by atoms with Crippen LogP contribution in [-0.2, 0) is 4.79 Å². The van der Waals surface area contributed by atoms with Gasteiger partial charge in [-0.05, 0) is 36.4 Å². The fourth-order valence-electron chi connectivity index (χ4n) is 1.73. The Labute approximate surface area is 137 Å². The summed E-state index contributed by atoms with van der Waals surface area (Å²) in [4.78, 5) is 23.5. The number of thioether (sulfide) groups is 1. The molecule has 0 atom stereocenters. The second kappa shape index (κ2) is 8.19. The molecule has 2 aromatic carbocycles. The first kappa shape index (κ1) is 16.8. The smallest absolute Gasteiger partial charge is 0.318 e. The van der Waals surface area contributed by atoms with Gasteiger partial charge < -0.3 is 16.0 Å². The molecule has 3 N–H and O–H groups in total. The van der Waals surface area contributed by atoms with Crippen LogP contribution in [0, 0.1) is 5.82 Å². The predicted octanol–water partition coefficient (Wildman–Crippen LogP) is 3.31. The van der Waals surface area contributed by atoms with Gasteiger partial charge in [-0.3, -0.25) is 4.79 Å². The fourth-order valence-corrected chi connectivity index (χ4v) is 2.47. The third-order valence-corrected chi connectivity index (χ3v) is 3.90. The topological polar surface area (TPSA) is 70.2 Å². The van der Waals surface area contributed by atoms with Gasteiger partial charge in [0.1, 0.15) is 5.82 Å². The van der Waals surface area contributed by atoms with Crippen molar-refractivity contribution >= 4 is 35.1 Å². The summed E-state index contributed by atoms with van der Waals surface area (Å²) in [5.74, 6) is -0.459. The van der Waals surface area contributed by atoms with Gasteiger partial charge in [0, 0.05) is 23.3 Å². The summed E-state index contributed by atoms with van der Waals surface area (Å²) in [6.45, 7) is 0. The highest BCUT2D eigenvalue weighted by atomic mass is 32.2. The number of amides is 3. The molecular formula is C16H16FN3O2S. The number of benzene rings is 2. The third-order valence-electron chi connectivity index (χ3n) is 2.85. The number of carbonyl (C=O) groups is 2. The minimum atomic E-state index is -0.338. The Balaban J connectivity index is 1.85. The van der Waals surface area contributed by atoms with Gasteiger partial charge in [-0.15, -0.1) is 11.8 Å². The highest BCUT2D eigenvalue weighted by Crippen LogP contribution is 2.21. The number of nitrogens with one attached hydrogen (secondary N) is 3. The lowest BCUT2D eigenvalue weighted by Crippen LogP contribution is -2.24. The Hall–Kier alpha value is -2.54. The highest BCUT2D eigenvalue weighted by molar-refractivity contribution is 8.00. The molecule has 2 rings (SSSR count). The average molecular weight is 333 g/mol. The molecule has 2 aromatic rings. The molecule has 0 bridgehead atoms. The van der Waals surface area contributed by atoms with E-state index < -0.39 is 0 Å². The molecule has 0 saturated carbocycles. The lowest BCUT2D eigenvalue weighted by Gasteiger charge is -2.08. The molecule has 7 heteroatoms. The maximum atomic E-state index is 13.5. The normalized spacial score (nSPS) is 10.0. The van der Waals surface area contributed by atoms with E-state index >= 15 is 0 Å². The van der Waals surface area contributed by atoms with E-state index in [1.54, 1.807) is 42.5 Å². The van der Waals surface area contributed by atoms with E-state index in [0.717, 1.165) is 11.8 Å². The zero-order valence-electron chi connectivity index (χ0n) is 12.4. The van der Waals surface area contributed by atoms with Crippen molar-refractivity contribution in [3.05, 3.63) is 54.3 Å². The van der Waals surface area contributed by atoms with E-state index in [0.29, 0.717) is 16.3 Å². The van der Waals surface area contributed by atoms with Crippen molar-refractivity contribution < 1.29 is 14.0 Å². The van der Waals surface area contributed by atoms with Gasteiger partial charge in [-0.25, -0.2) is 9.18 Å². The van der Waals surface area contributed by atoms with E-state index in [2.05, 4.69) is 16.0 Å². The molecule has 0 aliphatic heterocycles.